The van der Waals surface area contributed by atoms with Crippen molar-refractivity contribution >= 4 is 17.9 Å². The number of methoxy groups -OCH3 is 1. The van der Waals surface area contributed by atoms with E-state index in [0.29, 0.717) is 12.2 Å². The van der Waals surface area contributed by atoms with Crippen LogP contribution in [0, 0.1) is 0 Å². The third-order valence-electron chi connectivity index (χ3n) is 3.86. The minimum Gasteiger partial charge on any atom is -0.497 e. The van der Waals surface area contributed by atoms with Crippen molar-refractivity contribution in [2.24, 2.45) is 0 Å². The summed E-state index contributed by atoms with van der Waals surface area (Å²) in [6, 6.07) is 17.0. The lowest BCUT2D eigenvalue weighted by molar-refractivity contribution is 0.186. The molecule has 0 fully saturated rings. The molecular weight excluding hydrogens is 338 g/mol. The molecule has 6 heteroatoms. The molecule has 1 unspecified atom stereocenters. The number of benzene rings is 2. The summed E-state index contributed by atoms with van der Waals surface area (Å²) in [5, 5.41) is 21.2. The molecule has 0 aliphatic carbocycles. The molecule has 25 heavy (non-hydrogen) atoms. The van der Waals surface area contributed by atoms with E-state index < -0.39 is 6.09 Å². The van der Waals surface area contributed by atoms with Crippen molar-refractivity contribution in [2.45, 2.75) is 23.5 Å². The zero-order chi connectivity index (χ0) is 18.1. The summed E-state index contributed by atoms with van der Waals surface area (Å²) < 4.78 is 5.14. The molecule has 0 saturated carbocycles. The lowest BCUT2D eigenvalue weighted by Crippen LogP contribution is -2.44. The van der Waals surface area contributed by atoms with Crippen molar-refractivity contribution in [1.29, 1.82) is 0 Å². The Morgan fingerprint density at radius 1 is 1.12 bits per heavy atom. The molecule has 0 radical (unpaired) electrons. The number of ether oxygens (including phenoxy) is 1. The number of hydrogen-bond donors (Lipinski definition) is 3. The maximum atomic E-state index is 11.1. The van der Waals surface area contributed by atoms with Gasteiger partial charge in [-0.3, -0.25) is 0 Å². The van der Waals surface area contributed by atoms with Gasteiger partial charge in [0.2, 0.25) is 0 Å². The van der Waals surface area contributed by atoms with Crippen LogP contribution in [0.15, 0.2) is 54.6 Å². The van der Waals surface area contributed by atoms with Gasteiger partial charge in [-0.1, -0.05) is 42.5 Å². The first-order valence-corrected chi connectivity index (χ1v) is 9.06. The smallest absolute Gasteiger partial charge is 0.404 e. The fraction of sp³-hybridized carbons (Fsp3) is 0.316. The van der Waals surface area contributed by atoms with Crippen LogP contribution in [-0.4, -0.2) is 41.3 Å². The molecule has 0 aromatic heterocycles. The second kappa shape index (κ2) is 9.96. The summed E-state index contributed by atoms with van der Waals surface area (Å²) in [4.78, 5) is 11.1. The zero-order valence-corrected chi connectivity index (χ0v) is 14.9. The Bertz CT molecular complexity index is 648. The van der Waals surface area contributed by atoms with E-state index in [2.05, 4.69) is 5.32 Å². The Kier molecular flexibility index (Phi) is 7.63. The second-order valence-electron chi connectivity index (χ2n) is 5.63. The van der Waals surface area contributed by atoms with Crippen molar-refractivity contribution in [3.8, 4) is 5.75 Å². The minimum absolute atomic E-state index is 0.0986. The second-order valence-corrected chi connectivity index (χ2v) is 6.85. The van der Waals surface area contributed by atoms with Gasteiger partial charge < -0.3 is 20.3 Å². The molecule has 5 nitrogen and oxygen atoms in total. The molecule has 0 heterocycles. The predicted molar refractivity (Wildman–Crippen MR) is 100 cm³/mol. The summed E-state index contributed by atoms with van der Waals surface area (Å²) >= 11 is 1.54. The van der Waals surface area contributed by atoms with Crippen molar-refractivity contribution in [3.63, 3.8) is 0 Å². The normalized spacial score (nSPS) is 13.0. The average molecular weight is 361 g/mol. The molecule has 1 amide bonds. The van der Waals surface area contributed by atoms with Crippen molar-refractivity contribution < 1.29 is 19.7 Å². The van der Waals surface area contributed by atoms with E-state index in [1.807, 2.05) is 54.6 Å². The molecule has 3 N–H and O–H groups in total. The van der Waals surface area contributed by atoms with Crippen LogP contribution in [0.1, 0.15) is 11.1 Å². The molecule has 0 spiro atoms. The van der Waals surface area contributed by atoms with Crippen LogP contribution in [0.5, 0.6) is 5.75 Å². The topological polar surface area (TPSA) is 78.8 Å². The van der Waals surface area contributed by atoms with Gasteiger partial charge in [0.15, 0.2) is 0 Å². The maximum Gasteiger partial charge on any atom is 0.404 e. The van der Waals surface area contributed by atoms with E-state index in [1.54, 1.807) is 18.9 Å². The first-order valence-electron chi connectivity index (χ1n) is 8.01. The molecule has 0 bridgehead atoms. The average Bonchev–Trinajstić information content (AvgIpc) is 2.63. The first-order chi connectivity index (χ1) is 12.1. The Hall–Kier alpha value is -2.18. The molecule has 2 aromatic rings. The van der Waals surface area contributed by atoms with Crippen LogP contribution in [0.25, 0.3) is 0 Å². The van der Waals surface area contributed by atoms with E-state index >= 15 is 0 Å². The predicted octanol–water partition coefficient (Wildman–Crippen LogP) is 3.17. The van der Waals surface area contributed by atoms with Gasteiger partial charge in [-0.2, -0.15) is 0 Å². The van der Waals surface area contributed by atoms with Crippen LogP contribution < -0.4 is 10.1 Å². The molecule has 0 saturated heterocycles. The zero-order valence-electron chi connectivity index (χ0n) is 14.1. The highest BCUT2D eigenvalue weighted by molar-refractivity contribution is 7.99. The molecule has 0 aliphatic heterocycles. The summed E-state index contributed by atoms with van der Waals surface area (Å²) in [5.41, 5.74) is 2.13. The van der Waals surface area contributed by atoms with Crippen molar-refractivity contribution in [3.05, 3.63) is 65.7 Å². The molecule has 2 aromatic carbocycles. The van der Waals surface area contributed by atoms with Crippen molar-refractivity contribution in [2.75, 3.05) is 13.7 Å². The number of carbonyl (C=O) groups is 1. The van der Waals surface area contributed by atoms with E-state index in [1.165, 1.54) is 0 Å². The summed E-state index contributed by atoms with van der Waals surface area (Å²) in [7, 11) is 1.62. The maximum absolute atomic E-state index is 11.1. The fourth-order valence-corrected chi connectivity index (χ4v) is 3.62. The van der Waals surface area contributed by atoms with Gasteiger partial charge in [-0.15, -0.1) is 11.8 Å². The lowest BCUT2D eigenvalue weighted by atomic mass is 10.0. The summed E-state index contributed by atoms with van der Waals surface area (Å²) in [6.45, 7) is -0.0986. The van der Waals surface area contributed by atoms with Crippen LogP contribution in [0.2, 0.25) is 0 Å². The van der Waals surface area contributed by atoms with Gasteiger partial charge >= 0.3 is 6.09 Å². The number of nitrogens with one attached hydrogen (secondary N) is 1. The summed E-state index contributed by atoms with van der Waals surface area (Å²) in [6.07, 6.45) is -0.544. The van der Waals surface area contributed by atoms with Gasteiger partial charge in [-0.05, 0) is 29.7 Å². The van der Waals surface area contributed by atoms with Crippen LogP contribution in [0.4, 0.5) is 4.79 Å². The fourth-order valence-electron chi connectivity index (χ4n) is 2.52. The van der Waals surface area contributed by atoms with Gasteiger partial charge in [-0.25, -0.2) is 4.79 Å². The van der Waals surface area contributed by atoms with Crippen LogP contribution in [-0.2, 0) is 12.2 Å². The molecule has 0 aliphatic rings. The van der Waals surface area contributed by atoms with Gasteiger partial charge in [0.1, 0.15) is 5.75 Å². The number of thioether (sulfide) groups is 1. The van der Waals surface area contributed by atoms with Gasteiger partial charge in [0.05, 0.1) is 19.8 Å². The number of aliphatic hydroxyl groups excluding tert-OH is 1. The molecular formula is C19H23NO4S. The van der Waals surface area contributed by atoms with Crippen molar-refractivity contribution in [1.82, 2.24) is 5.32 Å². The van der Waals surface area contributed by atoms with Crippen LogP contribution >= 0.6 is 11.8 Å². The van der Waals surface area contributed by atoms with E-state index in [4.69, 9.17) is 9.84 Å². The van der Waals surface area contributed by atoms with Gasteiger partial charge in [0, 0.05) is 11.0 Å². The summed E-state index contributed by atoms with van der Waals surface area (Å²) in [5.74, 6) is 1.48. The van der Waals surface area contributed by atoms with E-state index in [0.717, 1.165) is 16.9 Å². The lowest BCUT2D eigenvalue weighted by Gasteiger charge is -2.25. The monoisotopic (exact) mass is 361 g/mol. The van der Waals surface area contributed by atoms with E-state index in [9.17, 15) is 9.90 Å². The largest absolute Gasteiger partial charge is 0.497 e. The molecule has 134 valence electrons. The number of carboxylic acid groups (broad SMARTS) is 1. The van der Waals surface area contributed by atoms with Crippen LogP contribution in [0.3, 0.4) is 0 Å². The molecule has 2 atom stereocenters. The Labute approximate surface area is 152 Å². The van der Waals surface area contributed by atoms with Gasteiger partial charge in [0.25, 0.3) is 0 Å². The SMILES string of the molecule is COc1ccc(CSC(CO)[C@@H](Cc2ccccc2)NC(=O)O)cc1. The molecule has 2 rings (SSSR count). The quantitative estimate of drug-likeness (QED) is 0.639. The van der Waals surface area contributed by atoms with E-state index in [-0.39, 0.29) is 17.9 Å². The Morgan fingerprint density at radius 2 is 1.80 bits per heavy atom. The number of amides is 1. The number of aliphatic hydroxyl groups is 1. The third-order valence-corrected chi connectivity index (χ3v) is 5.26. The Balaban J connectivity index is 2.02. The Morgan fingerprint density at radius 3 is 2.36 bits per heavy atom. The highest BCUT2D eigenvalue weighted by Gasteiger charge is 2.23. The first kappa shape index (κ1) is 19.1. The minimum atomic E-state index is -1.08. The standard InChI is InChI=1S/C19H23NO4S/c1-24-16-9-7-15(8-10-16)13-25-18(12-21)17(20-19(22)23)11-14-5-3-2-4-6-14/h2-10,17-18,20-21H,11-13H2,1H3,(H,22,23)/t17-,18?/m1/s1. The number of rotatable bonds is 9. The highest BCUT2D eigenvalue weighted by atomic mass is 32.2. The third kappa shape index (κ3) is 6.32. The highest BCUT2D eigenvalue weighted by Crippen LogP contribution is 2.23. The number of hydrogen-bond acceptors (Lipinski definition) is 4.